The minimum Gasteiger partial charge on any atom is -0.481 e. The monoisotopic (exact) mass is 404 g/mol. The molecule has 2 amide bonds. The number of hydrogen-bond acceptors (Lipinski definition) is 6. The number of carbonyl (C=O) groups excluding carboxylic acids is 2. The summed E-state index contributed by atoms with van der Waals surface area (Å²) in [7, 11) is 0. The van der Waals surface area contributed by atoms with E-state index in [1.54, 1.807) is 21.7 Å². The van der Waals surface area contributed by atoms with Gasteiger partial charge >= 0.3 is 11.9 Å². The van der Waals surface area contributed by atoms with Crippen LogP contribution >= 0.6 is 11.8 Å². The van der Waals surface area contributed by atoms with Crippen molar-refractivity contribution in [2.45, 2.75) is 31.3 Å². The van der Waals surface area contributed by atoms with Gasteiger partial charge < -0.3 is 15.1 Å². The standard InChI is InChI=1S/C17H16N4O6S/c22-13(1-2-14(23)24)19-3-4-20-10(7-19)5-9(18-20)6-11-15(25)21-12(17(26)27)8-28-16(11)21/h5-6,8,16H,1-4,7H2,(H,23,24)(H,26,27)/b11-6-/t16-/m1/s1. The van der Waals surface area contributed by atoms with Gasteiger partial charge in [0, 0.05) is 18.4 Å². The van der Waals surface area contributed by atoms with Crippen LogP contribution < -0.4 is 0 Å². The zero-order valence-corrected chi connectivity index (χ0v) is 15.4. The van der Waals surface area contributed by atoms with Gasteiger partial charge in [0.2, 0.25) is 5.91 Å². The molecule has 3 aliphatic heterocycles. The lowest BCUT2D eigenvalue weighted by Crippen LogP contribution is -2.51. The molecule has 0 unspecified atom stereocenters. The second-order valence-corrected chi connectivity index (χ2v) is 7.52. The number of rotatable bonds is 5. The van der Waals surface area contributed by atoms with Crippen molar-refractivity contribution in [3.63, 3.8) is 0 Å². The Morgan fingerprint density at radius 2 is 2.04 bits per heavy atom. The molecule has 4 heterocycles. The van der Waals surface area contributed by atoms with Crippen LogP contribution in [0.5, 0.6) is 0 Å². The Morgan fingerprint density at radius 3 is 2.75 bits per heavy atom. The molecule has 2 N–H and O–H groups in total. The first-order chi connectivity index (χ1) is 13.3. The Morgan fingerprint density at radius 1 is 1.25 bits per heavy atom. The topological polar surface area (TPSA) is 133 Å². The van der Waals surface area contributed by atoms with Crippen LogP contribution in [0.1, 0.15) is 24.2 Å². The van der Waals surface area contributed by atoms with E-state index < -0.39 is 11.9 Å². The van der Waals surface area contributed by atoms with Crippen LogP contribution in [-0.2, 0) is 32.3 Å². The number of hydrogen-bond donors (Lipinski definition) is 2. The SMILES string of the molecule is O=C(O)CCC(=O)N1CCn2nc(/C=C3/C(=O)N4C(C(=O)O)=CS[C@H]34)cc2C1. The van der Waals surface area contributed by atoms with Crippen LogP contribution in [0.4, 0.5) is 0 Å². The molecule has 1 atom stereocenters. The summed E-state index contributed by atoms with van der Waals surface area (Å²) in [6.45, 7) is 1.26. The van der Waals surface area contributed by atoms with Gasteiger partial charge in [-0.2, -0.15) is 5.10 Å². The third-order valence-electron chi connectivity index (χ3n) is 4.78. The minimum absolute atomic E-state index is 0.0169. The van der Waals surface area contributed by atoms with Crippen molar-refractivity contribution in [1.82, 2.24) is 19.6 Å². The predicted octanol–water partition coefficient (Wildman–Crippen LogP) is 0.315. The predicted molar refractivity (Wildman–Crippen MR) is 96.4 cm³/mol. The van der Waals surface area contributed by atoms with E-state index in [2.05, 4.69) is 5.10 Å². The molecule has 1 aromatic rings. The van der Waals surface area contributed by atoms with Gasteiger partial charge in [-0.25, -0.2) is 4.79 Å². The number of carboxylic acid groups (broad SMARTS) is 2. The zero-order valence-electron chi connectivity index (χ0n) is 14.6. The Balaban J connectivity index is 1.45. The van der Waals surface area contributed by atoms with Crippen LogP contribution in [-0.4, -0.2) is 65.5 Å². The van der Waals surface area contributed by atoms with Crippen molar-refractivity contribution in [3.05, 3.63) is 34.1 Å². The van der Waals surface area contributed by atoms with Crippen LogP contribution in [0, 0.1) is 0 Å². The van der Waals surface area contributed by atoms with E-state index in [4.69, 9.17) is 10.2 Å². The molecule has 1 aromatic heterocycles. The maximum atomic E-state index is 12.3. The smallest absolute Gasteiger partial charge is 0.353 e. The first-order valence-corrected chi connectivity index (χ1v) is 9.50. The van der Waals surface area contributed by atoms with Gasteiger partial charge in [-0.15, -0.1) is 11.8 Å². The summed E-state index contributed by atoms with van der Waals surface area (Å²) in [5.41, 5.74) is 1.84. The van der Waals surface area contributed by atoms with E-state index in [-0.39, 0.29) is 35.7 Å². The van der Waals surface area contributed by atoms with E-state index in [0.29, 0.717) is 30.9 Å². The Bertz CT molecular complexity index is 965. The summed E-state index contributed by atoms with van der Waals surface area (Å²) < 4.78 is 1.76. The van der Waals surface area contributed by atoms with Crippen molar-refractivity contribution in [3.8, 4) is 0 Å². The van der Waals surface area contributed by atoms with Crippen molar-refractivity contribution < 1.29 is 29.4 Å². The van der Waals surface area contributed by atoms with Gasteiger partial charge in [0.25, 0.3) is 5.91 Å². The lowest BCUT2D eigenvalue weighted by molar-refractivity contribution is -0.141. The van der Waals surface area contributed by atoms with Gasteiger partial charge in [-0.1, -0.05) is 0 Å². The molecule has 4 rings (SSSR count). The van der Waals surface area contributed by atoms with Crippen molar-refractivity contribution in [2.75, 3.05) is 6.54 Å². The molecule has 146 valence electrons. The summed E-state index contributed by atoms with van der Waals surface area (Å²) >= 11 is 1.27. The summed E-state index contributed by atoms with van der Waals surface area (Å²) in [4.78, 5) is 49.0. The van der Waals surface area contributed by atoms with E-state index in [0.717, 1.165) is 5.69 Å². The molecular weight excluding hydrogens is 388 g/mol. The Labute approximate surface area is 163 Å². The Hall–Kier alpha value is -3.08. The van der Waals surface area contributed by atoms with E-state index in [9.17, 15) is 19.2 Å². The van der Waals surface area contributed by atoms with Crippen LogP contribution in [0.3, 0.4) is 0 Å². The Kier molecular flexibility index (Phi) is 4.46. The zero-order chi connectivity index (χ0) is 20.0. The third-order valence-corrected chi connectivity index (χ3v) is 5.86. The molecule has 1 saturated heterocycles. The minimum atomic E-state index is -1.13. The van der Waals surface area contributed by atoms with Crippen LogP contribution in [0.25, 0.3) is 6.08 Å². The van der Waals surface area contributed by atoms with Gasteiger partial charge in [0.05, 0.1) is 36.5 Å². The number of carbonyl (C=O) groups is 4. The maximum absolute atomic E-state index is 12.3. The average Bonchev–Trinajstić information content (AvgIpc) is 3.24. The lowest BCUT2D eigenvalue weighted by atomic mass is 10.0. The largest absolute Gasteiger partial charge is 0.481 e. The summed E-state index contributed by atoms with van der Waals surface area (Å²) in [5.74, 6) is -2.70. The quantitative estimate of drug-likeness (QED) is 0.529. The fourth-order valence-electron chi connectivity index (χ4n) is 3.37. The number of thioether (sulfide) groups is 1. The van der Waals surface area contributed by atoms with Gasteiger partial charge in [0.1, 0.15) is 11.1 Å². The summed E-state index contributed by atoms with van der Waals surface area (Å²) in [6.07, 6.45) is 1.41. The molecule has 0 aliphatic carbocycles. The molecule has 0 saturated carbocycles. The molecule has 0 bridgehead atoms. The highest BCUT2D eigenvalue weighted by Gasteiger charge is 2.49. The lowest BCUT2D eigenvalue weighted by Gasteiger charge is -2.36. The van der Waals surface area contributed by atoms with E-state index in [1.807, 2.05) is 0 Å². The number of carboxylic acids is 2. The van der Waals surface area contributed by atoms with Gasteiger partial charge in [0.15, 0.2) is 0 Å². The highest BCUT2D eigenvalue weighted by Crippen LogP contribution is 2.45. The van der Waals surface area contributed by atoms with Crippen LogP contribution in [0.15, 0.2) is 22.7 Å². The van der Waals surface area contributed by atoms with Crippen LogP contribution in [0.2, 0.25) is 0 Å². The highest BCUT2D eigenvalue weighted by atomic mass is 32.2. The van der Waals surface area contributed by atoms with Crippen molar-refractivity contribution in [2.24, 2.45) is 0 Å². The molecule has 0 aromatic carbocycles. The fraction of sp³-hybridized carbons (Fsp3) is 0.353. The number of amides is 2. The molecule has 10 nitrogen and oxygen atoms in total. The second kappa shape index (κ2) is 6.82. The molecular formula is C17H16N4O6S. The maximum Gasteiger partial charge on any atom is 0.353 e. The summed E-state index contributed by atoms with van der Waals surface area (Å²) in [5, 5.41) is 23.4. The number of fused-ring (bicyclic) bond motifs is 2. The molecule has 11 heteroatoms. The van der Waals surface area contributed by atoms with Gasteiger partial charge in [-0.05, 0) is 12.1 Å². The summed E-state index contributed by atoms with van der Waals surface area (Å²) in [6, 6.07) is 1.78. The molecule has 1 fully saturated rings. The first kappa shape index (κ1) is 18.3. The van der Waals surface area contributed by atoms with Crippen molar-refractivity contribution in [1.29, 1.82) is 0 Å². The van der Waals surface area contributed by atoms with Crippen molar-refractivity contribution >= 4 is 41.6 Å². The average molecular weight is 404 g/mol. The van der Waals surface area contributed by atoms with Gasteiger partial charge in [-0.3, -0.25) is 24.0 Å². The third kappa shape index (κ3) is 3.07. The number of aromatic nitrogens is 2. The van der Waals surface area contributed by atoms with E-state index in [1.165, 1.54) is 22.1 Å². The number of nitrogens with zero attached hydrogens (tertiary/aromatic N) is 4. The molecule has 0 radical (unpaired) electrons. The normalized spacial score (nSPS) is 21.9. The highest BCUT2D eigenvalue weighted by molar-refractivity contribution is 8.03. The molecule has 28 heavy (non-hydrogen) atoms. The van der Waals surface area contributed by atoms with E-state index >= 15 is 0 Å². The first-order valence-electron chi connectivity index (χ1n) is 8.55. The molecule has 3 aliphatic rings. The number of aliphatic carboxylic acids is 2. The number of β-lactam (4-membered cyclic amide) rings is 1. The molecule has 0 spiro atoms. The second-order valence-electron chi connectivity index (χ2n) is 6.56. The fourth-order valence-corrected chi connectivity index (χ4v) is 4.49.